The van der Waals surface area contributed by atoms with Crippen LogP contribution in [-0.4, -0.2) is 76.8 Å². The highest BCUT2D eigenvalue weighted by molar-refractivity contribution is 6.07. The van der Waals surface area contributed by atoms with Gasteiger partial charge in [0.1, 0.15) is 12.2 Å². The van der Waals surface area contributed by atoms with E-state index in [1.54, 1.807) is 24.3 Å². The maximum absolute atomic E-state index is 12.5. The molecule has 30 heavy (non-hydrogen) atoms. The second kappa shape index (κ2) is 12.6. The Kier molecular flexibility index (Phi) is 9.56. The SMILES string of the molecule is O=C(NCCCCOCC1CO1)c1ccccc1C(=O)NCCCCOCC1CO1. The second-order valence-electron chi connectivity index (χ2n) is 7.53. The number of amides is 2. The fourth-order valence-electron chi connectivity index (χ4n) is 2.89. The summed E-state index contributed by atoms with van der Waals surface area (Å²) in [6.45, 7) is 5.31. The molecule has 2 heterocycles. The zero-order chi connectivity index (χ0) is 21.0. The fourth-order valence-corrected chi connectivity index (χ4v) is 2.89. The van der Waals surface area contributed by atoms with Crippen LogP contribution in [0.2, 0.25) is 0 Å². The molecule has 0 spiro atoms. The van der Waals surface area contributed by atoms with Crippen molar-refractivity contribution in [1.29, 1.82) is 0 Å². The van der Waals surface area contributed by atoms with Gasteiger partial charge >= 0.3 is 0 Å². The van der Waals surface area contributed by atoms with Crippen LogP contribution in [0.1, 0.15) is 46.4 Å². The lowest BCUT2D eigenvalue weighted by Crippen LogP contribution is -2.30. The number of carbonyl (C=O) groups is 2. The van der Waals surface area contributed by atoms with E-state index in [4.69, 9.17) is 18.9 Å². The molecule has 2 unspecified atom stereocenters. The third-order valence-electron chi connectivity index (χ3n) is 4.83. The molecule has 0 aliphatic carbocycles. The fraction of sp³-hybridized carbons (Fsp3) is 0.636. The molecule has 1 aromatic rings. The molecule has 2 fully saturated rings. The summed E-state index contributed by atoms with van der Waals surface area (Å²) in [6, 6.07) is 6.88. The van der Waals surface area contributed by atoms with Crippen LogP contribution in [-0.2, 0) is 18.9 Å². The van der Waals surface area contributed by atoms with Crippen LogP contribution in [0.4, 0.5) is 0 Å². The van der Waals surface area contributed by atoms with Crippen molar-refractivity contribution in [2.24, 2.45) is 0 Å². The molecule has 2 aliphatic rings. The Morgan fingerprint density at radius 1 is 0.800 bits per heavy atom. The first-order chi connectivity index (χ1) is 14.7. The summed E-state index contributed by atoms with van der Waals surface area (Å²) in [7, 11) is 0. The summed E-state index contributed by atoms with van der Waals surface area (Å²) in [5.74, 6) is -0.465. The lowest BCUT2D eigenvalue weighted by molar-refractivity contribution is 0.0912. The molecular weight excluding hydrogens is 388 g/mol. The molecule has 166 valence electrons. The maximum Gasteiger partial charge on any atom is 0.252 e. The summed E-state index contributed by atoms with van der Waals surface area (Å²) in [5, 5.41) is 5.77. The number of epoxide rings is 2. The Morgan fingerprint density at radius 3 is 1.63 bits per heavy atom. The second-order valence-corrected chi connectivity index (χ2v) is 7.53. The first-order valence-corrected chi connectivity index (χ1v) is 10.8. The Hall–Kier alpha value is -2.00. The molecule has 0 radical (unpaired) electrons. The minimum absolute atomic E-state index is 0.233. The van der Waals surface area contributed by atoms with Crippen LogP contribution >= 0.6 is 0 Å². The summed E-state index contributed by atoms with van der Waals surface area (Å²) in [4.78, 5) is 25.0. The molecule has 1 aromatic carbocycles. The molecule has 0 bridgehead atoms. The van der Waals surface area contributed by atoms with Gasteiger partial charge in [-0.05, 0) is 37.8 Å². The van der Waals surface area contributed by atoms with Gasteiger partial charge in [0.2, 0.25) is 0 Å². The summed E-state index contributed by atoms with van der Waals surface area (Å²) < 4.78 is 21.1. The van der Waals surface area contributed by atoms with Gasteiger partial charge in [-0.1, -0.05) is 12.1 Å². The third-order valence-corrected chi connectivity index (χ3v) is 4.83. The Balaban J connectivity index is 1.29. The van der Waals surface area contributed by atoms with Crippen LogP contribution in [0.5, 0.6) is 0 Å². The molecule has 2 saturated heterocycles. The number of hydrogen-bond acceptors (Lipinski definition) is 6. The van der Waals surface area contributed by atoms with Crippen LogP contribution in [0, 0.1) is 0 Å². The highest BCUT2D eigenvalue weighted by atomic mass is 16.6. The van der Waals surface area contributed by atoms with Crippen molar-refractivity contribution in [2.45, 2.75) is 37.9 Å². The standard InChI is InChI=1S/C22H32N2O6/c25-21(23-9-3-5-11-27-13-17-15-29-17)19-7-1-2-8-20(19)22(26)24-10-4-6-12-28-14-18-16-30-18/h1-2,7-8,17-18H,3-6,9-16H2,(H,23,25)(H,24,26). The minimum Gasteiger partial charge on any atom is -0.379 e. The van der Waals surface area contributed by atoms with Gasteiger partial charge in [0, 0.05) is 26.3 Å². The molecule has 8 heteroatoms. The average Bonchev–Trinajstić information content (AvgIpc) is 3.67. The minimum atomic E-state index is -0.233. The van der Waals surface area contributed by atoms with Gasteiger partial charge in [-0.25, -0.2) is 0 Å². The van der Waals surface area contributed by atoms with Crippen molar-refractivity contribution < 1.29 is 28.5 Å². The summed E-state index contributed by atoms with van der Waals surface area (Å²) in [5.41, 5.74) is 0.787. The van der Waals surface area contributed by atoms with Crippen LogP contribution < -0.4 is 10.6 Å². The van der Waals surface area contributed by atoms with Gasteiger partial charge in [-0.15, -0.1) is 0 Å². The number of unbranched alkanes of at least 4 members (excludes halogenated alkanes) is 2. The van der Waals surface area contributed by atoms with Crippen molar-refractivity contribution in [3.8, 4) is 0 Å². The zero-order valence-electron chi connectivity index (χ0n) is 17.4. The van der Waals surface area contributed by atoms with Crippen molar-refractivity contribution in [3.63, 3.8) is 0 Å². The van der Waals surface area contributed by atoms with Crippen LogP contribution in [0.3, 0.4) is 0 Å². The number of hydrogen-bond donors (Lipinski definition) is 2. The predicted octanol–water partition coefficient (Wildman–Crippen LogP) is 1.54. The van der Waals surface area contributed by atoms with Crippen molar-refractivity contribution >= 4 is 11.8 Å². The van der Waals surface area contributed by atoms with E-state index in [1.165, 1.54) is 0 Å². The van der Waals surface area contributed by atoms with Gasteiger partial charge in [-0.2, -0.15) is 0 Å². The van der Waals surface area contributed by atoms with E-state index >= 15 is 0 Å². The predicted molar refractivity (Wildman–Crippen MR) is 111 cm³/mol. The van der Waals surface area contributed by atoms with Crippen molar-refractivity contribution in [2.75, 3.05) is 52.7 Å². The highest BCUT2D eigenvalue weighted by Gasteiger charge is 2.22. The first-order valence-electron chi connectivity index (χ1n) is 10.8. The summed E-state index contributed by atoms with van der Waals surface area (Å²) in [6.07, 6.45) is 3.94. The van der Waals surface area contributed by atoms with E-state index < -0.39 is 0 Å². The Bertz CT molecular complexity index is 618. The van der Waals surface area contributed by atoms with E-state index in [0.717, 1.165) is 38.9 Å². The highest BCUT2D eigenvalue weighted by Crippen LogP contribution is 2.11. The van der Waals surface area contributed by atoms with E-state index in [-0.39, 0.29) is 24.0 Å². The molecule has 8 nitrogen and oxygen atoms in total. The van der Waals surface area contributed by atoms with Gasteiger partial charge in [-0.3, -0.25) is 9.59 Å². The number of nitrogens with one attached hydrogen (secondary N) is 2. The Labute approximate surface area is 177 Å². The molecule has 2 amide bonds. The van der Waals surface area contributed by atoms with Gasteiger partial charge in [0.05, 0.1) is 37.6 Å². The average molecular weight is 421 g/mol. The van der Waals surface area contributed by atoms with E-state index in [9.17, 15) is 9.59 Å². The molecule has 3 rings (SSSR count). The molecule has 0 saturated carbocycles. The summed E-state index contributed by atoms with van der Waals surface area (Å²) >= 11 is 0. The monoisotopic (exact) mass is 420 g/mol. The Morgan fingerprint density at radius 2 is 1.23 bits per heavy atom. The van der Waals surface area contributed by atoms with Gasteiger partial charge < -0.3 is 29.6 Å². The number of carbonyl (C=O) groups excluding carboxylic acids is 2. The van der Waals surface area contributed by atoms with E-state index in [2.05, 4.69) is 10.6 Å². The van der Waals surface area contributed by atoms with Crippen molar-refractivity contribution in [3.05, 3.63) is 35.4 Å². The quantitative estimate of drug-likeness (QED) is 0.311. The number of rotatable bonds is 16. The largest absolute Gasteiger partial charge is 0.379 e. The topological polar surface area (TPSA) is 102 Å². The normalized spacial score (nSPS) is 19.3. The lowest BCUT2D eigenvalue weighted by Gasteiger charge is -2.11. The number of ether oxygens (including phenoxy) is 4. The van der Waals surface area contributed by atoms with Crippen molar-refractivity contribution in [1.82, 2.24) is 10.6 Å². The van der Waals surface area contributed by atoms with Crippen LogP contribution in [0.15, 0.2) is 24.3 Å². The smallest absolute Gasteiger partial charge is 0.252 e. The van der Waals surface area contributed by atoms with Crippen LogP contribution in [0.25, 0.3) is 0 Å². The maximum atomic E-state index is 12.5. The molecule has 2 aliphatic heterocycles. The van der Waals surface area contributed by atoms with E-state index in [0.29, 0.717) is 50.6 Å². The molecule has 2 atom stereocenters. The molecule has 0 aromatic heterocycles. The third kappa shape index (κ3) is 8.79. The molecule has 2 N–H and O–H groups in total. The van der Waals surface area contributed by atoms with Gasteiger partial charge in [0.25, 0.3) is 11.8 Å². The number of benzene rings is 1. The first kappa shape index (κ1) is 22.7. The molecular formula is C22H32N2O6. The van der Waals surface area contributed by atoms with E-state index in [1.807, 2.05) is 0 Å². The van der Waals surface area contributed by atoms with Gasteiger partial charge in [0.15, 0.2) is 0 Å². The lowest BCUT2D eigenvalue weighted by atomic mass is 10.1. The zero-order valence-corrected chi connectivity index (χ0v) is 17.4.